The molecule has 2 aliphatic rings. The van der Waals surface area contributed by atoms with Crippen molar-refractivity contribution in [2.75, 3.05) is 5.75 Å². The van der Waals surface area contributed by atoms with Crippen LogP contribution in [0.15, 0.2) is 15.7 Å². The lowest BCUT2D eigenvalue weighted by Crippen LogP contribution is -2.70. The lowest BCUT2D eigenvalue weighted by molar-refractivity contribution is -0.148. The van der Waals surface area contributed by atoms with Gasteiger partial charge in [0, 0.05) is 12.8 Å². The summed E-state index contributed by atoms with van der Waals surface area (Å²) in [5.74, 6) is -2.50. The van der Waals surface area contributed by atoms with Crippen LogP contribution in [0.4, 0.5) is 13.2 Å². The number of alkyl halides is 3. The topological polar surface area (TPSA) is 105 Å². The summed E-state index contributed by atoms with van der Waals surface area (Å²) in [6, 6.07) is -1.05. The van der Waals surface area contributed by atoms with Crippen molar-refractivity contribution in [3.8, 4) is 0 Å². The zero-order valence-corrected chi connectivity index (χ0v) is 16.2. The molecule has 3 rings (SSSR count). The van der Waals surface area contributed by atoms with E-state index in [1.165, 1.54) is 11.8 Å². The van der Waals surface area contributed by atoms with Gasteiger partial charge in [0.15, 0.2) is 11.4 Å². The SMILES string of the molecule is CC1=C(C(=O)O)N2C(=O)[C@@H](NC(=O)c3nn(C)c(C(F)(F)F)c3Br)[C@H]2SC1. The van der Waals surface area contributed by atoms with Crippen LogP contribution >= 0.6 is 27.7 Å². The summed E-state index contributed by atoms with van der Waals surface area (Å²) in [6.07, 6.45) is -4.72. The number of hydrogen-bond donors (Lipinski definition) is 2. The fourth-order valence-corrected chi connectivity index (χ4v) is 4.97. The second-order valence-corrected chi connectivity index (χ2v) is 7.83. The largest absolute Gasteiger partial charge is 0.477 e. The molecular weight excluding hydrogens is 457 g/mol. The Morgan fingerprint density at radius 1 is 1.41 bits per heavy atom. The number of hydrogen-bond acceptors (Lipinski definition) is 5. The molecule has 2 amide bonds. The number of carboxylic acid groups (broad SMARTS) is 1. The van der Waals surface area contributed by atoms with Crippen LogP contribution in [-0.2, 0) is 22.8 Å². The number of aryl methyl sites for hydroxylation is 1. The summed E-state index contributed by atoms with van der Waals surface area (Å²) < 4.78 is 39.0. The van der Waals surface area contributed by atoms with E-state index in [1.54, 1.807) is 6.92 Å². The molecule has 1 aromatic heterocycles. The van der Waals surface area contributed by atoms with E-state index in [0.717, 1.165) is 11.9 Å². The number of carbonyl (C=O) groups excluding carboxylic acids is 2. The first kappa shape index (κ1) is 19.7. The van der Waals surface area contributed by atoms with E-state index < -0.39 is 51.2 Å². The van der Waals surface area contributed by atoms with Crippen molar-refractivity contribution in [2.45, 2.75) is 24.5 Å². The van der Waals surface area contributed by atoms with E-state index in [1.807, 2.05) is 0 Å². The van der Waals surface area contributed by atoms with Crippen LogP contribution in [0.5, 0.6) is 0 Å². The highest BCUT2D eigenvalue weighted by Gasteiger charge is 2.54. The molecular formula is C14H12BrF3N4O4S. The van der Waals surface area contributed by atoms with Gasteiger partial charge in [-0.2, -0.15) is 18.3 Å². The maximum atomic E-state index is 13.0. The quantitative estimate of drug-likeness (QED) is 0.652. The number of carbonyl (C=O) groups is 3. The van der Waals surface area contributed by atoms with E-state index in [4.69, 9.17) is 0 Å². The smallest absolute Gasteiger partial charge is 0.434 e. The molecule has 0 spiro atoms. The highest BCUT2D eigenvalue weighted by Crippen LogP contribution is 2.40. The third-order valence-corrected chi connectivity index (χ3v) is 6.30. The minimum atomic E-state index is -4.72. The molecule has 0 unspecified atom stereocenters. The zero-order valence-electron chi connectivity index (χ0n) is 13.8. The number of thioether (sulfide) groups is 1. The Kier molecular flexibility index (Phi) is 4.78. The van der Waals surface area contributed by atoms with Gasteiger partial charge in [-0.25, -0.2) is 4.79 Å². The number of β-lactam (4-membered cyclic amide) rings is 1. The molecule has 0 saturated carbocycles. The van der Waals surface area contributed by atoms with Crippen LogP contribution in [0.2, 0.25) is 0 Å². The monoisotopic (exact) mass is 468 g/mol. The second kappa shape index (κ2) is 6.55. The molecule has 2 N–H and O–H groups in total. The van der Waals surface area contributed by atoms with Crippen molar-refractivity contribution in [3.05, 3.63) is 27.1 Å². The fraction of sp³-hybridized carbons (Fsp3) is 0.429. The van der Waals surface area contributed by atoms with Crippen LogP contribution < -0.4 is 5.32 Å². The molecule has 8 nitrogen and oxygen atoms in total. The number of nitrogens with one attached hydrogen (secondary N) is 1. The summed E-state index contributed by atoms with van der Waals surface area (Å²) in [4.78, 5) is 37.1. The van der Waals surface area contributed by atoms with E-state index >= 15 is 0 Å². The van der Waals surface area contributed by atoms with Gasteiger partial charge in [0.1, 0.15) is 17.1 Å². The van der Waals surface area contributed by atoms with Gasteiger partial charge in [-0.1, -0.05) is 0 Å². The first-order valence-corrected chi connectivity index (χ1v) is 9.27. The number of amides is 2. The van der Waals surface area contributed by atoms with Crippen molar-refractivity contribution < 1.29 is 32.7 Å². The number of carboxylic acids is 1. The standard InChI is InChI=1S/C14H12BrF3N4O4S/c1-4-3-27-12-7(11(24)22(12)8(4)13(25)26)19-10(23)6-5(15)9(14(16,17)18)21(2)20-6/h7,12H,3H2,1-2H3,(H,19,23)(H,25,26)/t7-,12-/m1/s1. The molecule has 1 aromatic rings. The van der Waals surface area contributed by atoms with Gasteiger partial charge in [-0.05, 0) is 28.4 Å². The van der Waals surface area contributed by atoms with Gasteiger partial charge in [-0.3, -0.25) is 19.2 Å². The van der Waals surface area contributed by atoms with Crippen molar-refractivity contribution in [1.29, 1.82) is 0 Å². The number of nitrogens with zero attached hydrogens (tertiary/aromatic N) is 3. The average molecular weight is 469 g/mol. The molecule has 0 bridgehead atoms. The van der Waals surface area contributed by atoms with E-state index in [-0.39, 0.29) is 5.70 Å². The summed E-state index contributed by atoms with van der Waals surface area (Å²) >= 11 is 4.00. The Labute approximate surface area is 162 Å². The highest BCUT2D eigenvalue weighted by molar-refractivity contribution is 9.10. The van der Waals surface area contributed by atoms with Gasteiger partial charge in [0.2, 0.25) is 0 Å². The Bertz CT molecular complexity index is 898. The molecule has 1 saturated heterocycles. The molecule has 13 heteroatoms. The molecule has 0 aliphatic carbocycles. The van der Waals surface area contributed by atoms with Gasteiger partial charge in [0.25, 0.3) is 11.8 Å². The van der Waals surface area contributed by atoms with Gasteiger partial charge in [0.05, 0.1) is 4.47 Å². The van der Waals surface area contributed by atoms with E-state index in [2.05, 4.69) is 26.3 Å². The van der Waals surface area contributed by atoms with Crippen LogP contribution in [0.25, 0.3) is 0 Å². The van der Waals surface area contributed by atoms with E-state index in [0.29, 0.717) is 16.0 Å². The van der Waals surface area contributed by atoms with Crippen LogP contribution in [-0.4, -0.2) is 54.7 Å². The minimum absolute atomic E-state index is 0.132. The van der Waals surface area contributed by atoms with E-state index in [9.17, 15) is 32.7 Å². The maximum absolute atomic E-state index is 13.0. The van der Waals surface area contributed by atoms with Crippen molar-refractivity contribution >= 4 is 45.5 Å². The maximum Gasteiger partial charge on any atom is 0.434 e. The zero-order chi connectivity index (χ0) is 20.3. The number of rotatable bonds is 3. The summed E-state index contributed by atoms with van der Waals surface area (Å²) in [5, 5.41) is 14.6. The minimum Gasteiger partial charge on any atom is -0.477 e. The second-order valence-electron chi connectivity index (χ2n) is 5.93. The average Bonchev–Trinajstić information content (AvgIpc) is 2.86. The molecule has 3 heterocycles. The Morgan fingerprint density at radius 3 is 2.56 bits per heavy atom. The molecule has 2 aliphatic heterocycles. The van der Waals surface area contributed by atoms with Gasteiger partial charge >= 0.3 is 12.1 Å². The highest BCUT2D eigenvalue weighted by atomic mass is 79.9. The molecule has 146 valence electrons. The normalized spacial score (nSPS) is 22.4. The molecule has 1 fully saturated rings. The molecule has 0 aromatic carbocycles. The molecule has 27 heavy (non-hydrogen) atoms. The summed E-state index contributed by atoms with van der Waals surface area (Å²) in [6.45, 7) is 1.59. The third kappa shape index (κ3) is 3.12. The number of aromatic nitrogens is 2. The lowest BCUT2D eigenvalue weighted by atomic mass is 10.0. The first-order chi connectivity index (χ1) is 12.4. The lowest BCUT2D eigenvalue weighted by Gasteiger charge is -2.49. The predicted octanol–water partition coefficient (Wildman–Crippen LogP) is 1.57. The summed E-state index contributed by atoms with van der Waals surface area (Å²) in [7, 11) is 1.05. The third-order valence-electron chi connectivity index (χ3n) is 4.12. The molecule has 2 atom stereocenters. The van der Waals surface area contributed by atoms with Crippen LogP contribution in [0, 0.1) is 0 Å². The number of fused-ring (bicyclic) bond motifs is 1. The number of aliphatic carboxylic acids is 1. The molecule has 0 radical (unpaired) electrons. The Morgan fingerprint density at radius 2 is 2.04 bits per heavy atom. The Balaban J connectivity index is 1.82. The Hall–Kier alpha value is -2.02. The van der Waals surface area contributed by atoms with Crippen molar-refractivity contribution in [3.63, 3.8) is 0 Å². The van der Waals surface area contributed by atoms with Gasteiger partial charge in [-0.15, -0.1) is 11.8 Å². The van der Waals surface area contributed by atoms with Crippen LogP contribution in [0.1, 0.15) is 23.1 Å². The first-order valence-electron chi connectivity index (χ1n) is 7.43. The van der Waals surface area contributed by atoms with Crippen molar-refractivity contribution in [1.82, 2.24) is 20.0 Å². The summed E-state index contributed by atoms with van der Waals surface area (Å²) in [5.41, 5.74) is -1.26. The van der Waals surface area contributed by atoms with Gasteiger partial charge < -0.3 is 10.4 Å². The fourth-order valence-electron chi connectivity index (χ4n) is 2.94. The van der Waals surface area contributed by atoms with Crippen molar-refractivity contribution in [2.24, 2.45) is 7.05 Å². The van der Waals surface area contributed by atoms with Crippen LogP contribution in [0.3, 0.4) is 0 Å². The number of halogens is 4. The predicted molar refractivity (Wildman–Crippen MR) is 90.6 cm³/mol.